The number of hydrogen-bond acceptors (Lipinski definition) is 4. The molecule has 0 radical (unpaired) electrons. The van der Waals surface area contributed by atoms with Gasteiger partial charge in [-0.05, 0) is 36.6 Å². The van der Waals surface area contributed by atoms with Gasteiger partial charge in [0.1, 0.15) is 11.5 Å². The summed E-state index contributed by atoms with van der Waals surface area (Å²) in [6.45, 7) is 5.17. The molecule has 28 heavy (non-hydrogen) atoms. The maximum atomic E-state index is 14.9. The van der Waals surface area contributed by atoms with E-state index in [-0.39, 0.29) is 17.2 Å². The van der Waals surface area contributed by atoms with Gasteiger partial charge in [-0.1, -0.05) is 13.8 Å². The van der Waals surface area contributed by atoms with Gasteiger partial charge in [0.2, 0.25) is 15.8 Å². The van der Waals surface area contributed by atoms with Crippen molar-refractivity contribution in [3.63, 3.8) is 0 Å². The number of hydrogen-bond donors (Lipinski definition) is 2. The van der Waals surface area contributed by atoms with Gasteiger partial charge in [0.25, 0.3) is 0 Å². The summed E-state index contributed by atoms with van der Waals surface area (Å²) < 4.78 is 55.5. The maximum absolute atomic E-state index is 14.9. The topological polar surface area (TPSA) is 91.9 Å². The van der Waals surface area contributed by atoms with Crippen molar-refractivity contribution in [3.05, 3.63) is 58.9 Å². The standard InChI is InChI=1S/C19H19F2N3O3S/c1-10(2)9-28(26,27)24-15-5-4-14(20)16(17(15)21)18(25)13-8-23-19-12(13)6-11(3)7-22-19/h4-8,10,24H,9H2,1-3H3,(H,22,23). The number of carbonyl (C=O) groups is 1. The molecule has 1 aromatic carbocycles. The van der Waals surface area contributed by atoms with Gasteiger partial charge in [-0.3, -0.25) is 9.52 Å². The second-order valence-electron chi connectivity index (χ2n) is 7.00. The predicted octanol–water partition coefficient (Wildman–Crippen LogP) is 3.78. The molecule has 0 spiro atoms. The Bertz CT molecular complexity index is 1170. The van der Waals surface area contributed by atoms with Gasteiger partial charge in [-0.15, -0.1) is 0 Å². The number of halogens is 2. The average Bonchev–Trinajstić information content (AvgIpc) is 2.99. The van der Waals surface area contributed by atoms with Crippen LogP contribution in [0.2, 0.25) is 0 Å². The molecule has 0 atom stereocenters. The van der Waals surface area contributed by atoms with Crippen molar-refractivity contribution in [1.82, 2.24) is 9.97 Å². The van der Waals surface area contributed by atoms with Gasteiger partial charge in [0.15, 0.2) is 5.82 Å². The molecule has 2 heterocycles. The number of benzene rings is 1. The molecule has 9 heteroatoms. The van der Waals surface area contributed by atoms with Crippen molar-refractivity contribution in [1.29, 1.82) is 0 Å². The van der Waals surface area contributed by atoms with E-state index in [0.717, 1.165) is 17.7 Å². The first-order chi connectivity index (χ1) is 13.1. The molecule has 0 aliphatic heterocycles. The minimum Gasteiger partial charge on any atom is -0.345 e. The Morgan fingerprint density at radius 3 is 2.68 bits per heavy atom. The third kappa shape index (κ3) is 3.89. The van der Waals surface area contributed by atoms with Crippen molar-refractivity contribution in [3.8, 4) is 0 Å². The first-order valence-electron chi connectivity index (χ1n) is 8.56. The quantitative estimate of drug-likeness (QED) is 0.609. The number of fused-ring (bicyclic) bond motifs is 1. The van der Waals surface area contributed by atoms with Crippen LogP contribution in [-0.2, 0) is 10.0 Å². The Labute approximate surface area is 161 Å². The van der Waals surface area contributed by atoms with Gasteiger partial charge >= 0.3 is 0 Å². The van der Waals surface area contributed by atoms with Crippen LogP contribution in [0.15, 0.2) is 30.6 Å². The van der Waals surface area contributed by atoms with E-state index in [0.29, 0.717) is 11.0 Å². The Morgan fingerprint density at radius 2 is 2.00 bits per heavy atom. The van der Waals surface area contributed by atoms with Crippen LogP contribution in [0.1, 0.15) is 35.3 Å². The van der Waals surface area contributed by atoms with E-state index >= 15 is 0 Å². The zero-order chi connectivity index (χ0) is 20.6. The highest BCUT2D eigenvalue weighted by Crippen LogP contribution is 2.27. The number of aromatic amines is 1. The Kier molecular flexibility index (Phi) is 5.20. The smallest absolute Gasteiger partial charge is 0.233 e. The second kappa shape index (κ2) is 7.31. The second-order valence-corrected chi connectivity index (χ2v) is 8.77. The van der Waals surface area contributed by atoms with Crippen LogP contribution in [0.5, 0.6) is 0 Å². The molecule has 0 saturated carbocycles. The first-order valence-corrected chi connectivity index (χ1v) is 10.2. The van der Waals surface area contributed by atoms with E-state index in [9.17, 15) is 22.0 Å². The van der Waals surface area contributed by atoms with Gasteiger partial charge in [0.05, 0.1) is 17.0 Å². The molecule has 3 aromatic rings. The number of sulfonamides is 1. The molecule has 0 unspecified atom stereocenters. The van der Waals surface area contributed by atoms with Crippen LogP contribution in [0, 0.1) is 24.5 Å². The van der Waals surface area contributed by atoms with Gasteiger partial charge < -0.3 is 4.98 Å². The van der Waals surface area contributed by atoms with Gasteiger partial charge in [-0.2, -0.15) is 0 Å². The molecule has 2 aromatic heterocycles. The zero-order valence-corrected chi connectivity index (χ0v) is 16.3. The van der Waals surface area contributed by atoms with E-state index in [2.05, 4.69) is 14.7 Å². The van der Waals surface area contributed by atoms with Crippen LogP contribution >= 0.6 is 0 Å². The van der Waals surface area contributed by atoms with Crippen molar-refractivity contribution in [2.45, 2.75) is 20.8 Å². The van der Waals surface area contributed by atoms with Crippen molar-refractivity contribution >= 4 is 32.5 Å². The first kappa shape index (κ1) is 19.9. The third-order valence-corrected chi connectivity index (χ3v) is 5.69. The summed E-state index contributed by atoms with van der Waals surface area (Å²) in [6, 6.07) is 3.50. The van der Waals surface area contributed by atoms with Crippen molar-refractivity contribution < 1.29 is 22.0 Å². The molecule has 6 nitrogen and oxygen atoms in total. The summed E-state index contributed by atoms with van der Waals surface area (Å²) in [5.41, 5.74) is -0.0706. The van der Waals surface area contributed by atoms with Gasteiger partial charge in [0, 0.05) is 23.3 Å². The number of rotatable bonds is 6. The van der Waals surface area contributed by atoms with Crippen LogP contribution < -0.4 is 4.72 Å². The third-order valence-electron chi connectivity index (χ3n) is 4.05. The number of pyridine rings is 1. The minimum atomic E-state index is -3.85. The normalized spacial score (nSPS) is 11.9. The molecule has 0 saturated heterocycles. The minimum absolute atomic E-state index is 0.0474. The molecule has 0 bridgehead atoms. The zero-order valence-electron chi connectivity index (χ0n) is 15.5. The maximum Gasteiger partial charge on any atom is 0.233 e. The summed E-state index contributed by atoms with van der Waals surface area (Å²) in [5, 5.41) is 0.426. The lowest BCUT2D eigenvalue weighted by molar-refractivity contribution is 0.103. The fraction of sp³-hybridized carbons (Fsp3) is 0.263. The lowest BCUT2D eigenvalue weighted by Gasteiger charge is -2.13. The Morgan fingerprint density at radius 1 is 1.29 bits per heavy atom. The molecule has 148 valence electrons. The van der Waals surface area contributed by atoms with Crippen LogP contribution in [0.3, 0.4) is 0 Å². The molecule has 0 fully saturated rings. The highest BCUT2D eigenvalue weighted by molar-refractivity contribution is 7.92. The van der Waals surface area contributed by atoms with E-state index < -0.39 is 38.7 Å². The summed E-state index contributed by atoms with van der Waals surface area (Å²) >= 11 is 0. The van der Waals surface area contributed by atoms with Crippen molar-refractivity contribution in [2.75, 3.05) is 10.5 Å². The Balaban J connectivity index is 2.06. The summed E-state index contributed by atoms with van der Waals surface area (Å²) in [5.74, 6) is -3.67. The van der Waals surface area contributed by atoms with E-state index in [4.69, 9.17) is 0 Å². The number of anilines is 1. The van der Waals surface area contributed by atoms with Crippen LogP contribution in [-0.4, -0.2) is 29.9 Å². The number of carbonyl (C=O) groups excluding carboxylic acids is 1. The van der Waals surface area contributed by atoms with Crippen LogP contribution in [0.25, 0.3) is 11.0 Å². The van der Waals surface area contributed by atoms with Crippen molar-refractivity contribution in [2.24, 2.45) is 5.92 Å². The summed E-state index contributed by atoms with van der Waals surface area (Å²) in [7, 11) is -3.85. The predicted molar refractivity (Wildman–Crippen MR) is 103 cm³/mol. The largest absolute Gasteiger partial charge is 0.345 e. The number of aromatic nitrogens is 2. The molecule has 0 amide bonds. The molecular weight excluding hydrogens is 388 g/mol. The SMILES string of the molecule is Cc1cnc2[nH]cc(C(=O)c3c(F)ccc(NS(=O)(=O)CC(C)C)c3F)c2c1. The highest BCUT2D eigenvalue weighted by atomic mass is 32.2. The van der Waals surface area contributed by atoms with E-state index in [1.54, 1.807) is 33.0 Å². The highest BCUT2D eigenvalue weighted by Gasteiger charge is 2.26. The van der Waals surface area contributed by atoms with Crippen LogP contribution in [0.4, 0.5) is 14.5 Å². The number of ketones is 1. The van der Waals surface area contributed by atoms with Gasteiger partial charge in [-0.25, -0.2) is 22.2 Å². The average molecular weight is 407 g/mol. The number of aryl methyl sites for hydroxylation is 1. The summed E-state index contributed by atoms with van der Waals surface area (Å²) in [4.78, 5) is 19.8. The molecule has 2 N–H and O–H groups in total. The fourth-order valence-corrected chi connectivity index (χ4v) is 4.37. The monoisotopic (exact) mass is 407 g/mol. The molecule has 0 aliphatic rings. The van der Waals surface area contributed by atoms with E-state index in [1.165, 1.54) is 6.20 Å². The molecule has 3 rings (SSSR count). The number of nitrogens with zero attached hydrogens (tertiary/aromatic N) is 1. The number of H-pyrrole nitrogens is 1. The fourth-order valence-electron chi connectivity index (χ4n) is 2.92. The van der Waals surface area contributed by atoms with E-state index in [1.807, 2.05) is 0 Å². The Hall–Kier alpha value is -2.81. The number of nitrogens with one attached hydrogen (secondary N) is 2. The summed E-state index contributed by atoms with van der Waals surface area (Å²) in [6.07, 6.45) is 2.92. The molecular formula is C19H19F2N3O3S. The molecule has 0 aliphatic carbocycles. The lowest BCUT2D eigenvalue weighted by atomic mass is 10.0. The lowest BCUT2D eigenvalue weighted by Crippen LogP contribution is -2.21.